The van der Waals surface area contributed by atoms with Crippen LogP contribution in [0.1, 0.15) is 0 Å². The molecule has 0 spiro atoms. The summed E-state index contributed by atoms with van der Waals surface area (Å²) in [6, 6.07) is 70.0. The minimum Gasteiger partial charge on any atom is -0.281 e. The molecule has 6 rings (SSSR count). The SMILES string of the molecule is C[PH](c1ccccc1)(c1ccccc1)[Pd]([PH](C)(c1ccccc1)c1ccccc1)[PH](C)(c1ccccc1)c1ccccc1.[C]=O. The van der Waals surface area contributed by atoms with Crippen LogP contribution in [-0.4, -0.2) is 26.8 Å². The van der Waals surface area contributed by atoms with Crippen LogP contribution in [0, 0.1) is 0 Å². The van der Waals surface area contributed by atoms with Crippen LogP contribution in [0.3, 0.4) is 0 Å². The number of benzene rings is 6. The Morgan fingerprint density at radius 3 is 0.578 bits per heavy atom. The summed E-state index contributed by atoms with van der Waals surface area (Å²) in [5.41, 5.74) is -7.18. The van der Waals surface area contributed by atoms with Gasteiger partial charge in [0.15, 0.2) is 0 Å². The van der Waals surface area contributed by atoms with Gasteiger partial charge in [0.2, 0.25) is 0 Å². The van der Waals surface area contributed by atoms with Gasteiger partial charge in [0.05, 0.1) is 0 Å². The summed E-state index contributed by atoms with van der Waals surface area (Å²) in [4.78, 5) is 7.50. The van der Waals surface area contributed by atoms with Crippen LogP contribution in [0.25, 0.3) is 0 Å². The van der Waals surface area contributed by atoms with Crippen LogP contribution in [-0.2, 0) is 20.1 Å². The van der Waals surface area contributed by atoms with Crippen molar-refractivity contribution in [3.8, 4) is 0 Å². The quantitative estimate of drug-likeness (QED) is 0.115. The Hall–Kier alpha value is -3.06. The van der Waals surface area contributed by atoms with Gasteiger partial charge in [-0.1, -0.05) is 0 Å². The van der Waals surface area contributed by atoms with Crippen LogP contribution in [0.2, 0.25) is 0 Å². The van der Waals surface area contributed by atoms with Crippen LogP contribution >= 0.6 is 16.4 Å². The molecule has 1 nitrogen and oxygen atoms in total. The van der Waals surface area contributed by atoms with Crippen molar-refractivity contribution in [2.75, 3.05) is 20.0 Å². The van der Waals surface area contributed by atoms with Gasteiger partial charge in [-0.2, -0.15) is 0 Å². The van der Waals surface area contributed by atoms with Gasteiger partial charge in [-0.25, -0.2) is 0 Å². The standard InChI is InChI=1S/3C13H13P.CO.Pd/c3*1-14(12-8-4-2-5-9-12)13-10-6-3-7-11-13;1-2;/h3*2-11H,1H3;;/q;;;;-3/p+3. The summed E-state index contributed by atoms with van der Waals surface area (Å²) < 4.78 is 0. The molecule has 0 bridgehead atoms. The monoisotopic (exact) mass is 737 g/mol. The van der Waals surface area contributed by atoms with E-state index in [0.717, 1.165) is 0 Å². The molecule has 6 aromatic carbocycles. The molecule has 0 aliphatic heterocycles. The zero-order chi connectivity index (χ0) is 31.8. The largest absolute Gasteiger partial charge is 0.281 e. The zero-order valence-electron chi connectivity index (χ0n) is 26.0. The second-order valence-electron chi connectivity index (χ2n) is 11.3. The van der Waals surface area contributed by atoms with E-state index in [-0.39, 0.29) is 0 Å². The molecule has 45 heavy (non-hydrogen) atoms. The molecule has 6 aromatic rings. The topological polar surface area (TPSA) is 17.1 Å². The molecule has 2 radical (unpaired) electrons. The molecule has 0 aliphatic carbocycles. The summed E-state index contributed by atoms with van der Waals surface area (Å²) >= 11 is -1.50. The van der Waals surface area contributed by atoms with E-state index < -0.39 is 31.6 Å². The van der Waals surface area contributed by atoms with Gasteiger partial charge < -0.3 is 0 Å². The van der Waals surface area contributed by atoms with Crippen LogP contribution < -0.4 is 31.8 Å². The molecule has 0 saturated heterocycles. The normalized spacial score (nSPS) is 13.1. The van der Waals surface area contributed by atoms with Gasteiger partial charge in [-0.05, 0) is 0 Å². The van der Waals surface area contributed by atoms with Crippen molar-refractivity contribution in [1.82, 2.24) is 0 Å². The summed E-state index contributed by atoms with van der Waals surface area (Å²) in [6.45, 7) is 12.7. The van der Waals surface area contributed by atoms with Gasteiger partial charge in [-0.15, -0.1) is 0 Å². The molecule has 0 N–H and O–H groups in total. The van der Waals surface area contributed by atoms with Gasteiger partial charge >= 0.3 is 265 Å². The fraction of sp³-hybridized carbons (Fsp3) is 0.0750. The Kier molecular flexibility index (Phi) is 11.1. The van der Waals surface area contributed by atoms with Gasteiger partial charge in [-0.3, -0.25) is 4.79 Å². The molecule has 0 amide bonds. The summed E-state index contributed by atoms with van der Waals surface area (Å²) in [7, 11) is 0. The average Bonchev–Trinajstić information content (AvgIpc) is 3.14. The van der Waals surface area contributed by atoms with Crippen molar-refractivity contribution in [3.05, 3.63) is 182 Å². The van der Waals surface area contributed by atoms with Crippen molar-refractivity contribution in [1.29, 1.82) is 0 Å². The summed E-state index contributed by atoms with van der Waals surface area (Å²) in [5.74, 6) is 0. The first-order valence-electron chi connectivity index (χ1n) is 15.1. The third-order valence-corrected chi connectivity index (χ3v) is 74.7. The maximum atomic E-state index is 7.50. The second kappa shape index (κ2) is 15.0. The fourth-order valence-electron chi connectivity index (χ4n) is 6.44. The van der Waals surface area contributed by atoms with E-state index in [4.69, 9.17) is 4.79 Å². The maximum absolute atomic E-state index is 7.50. The Morgan fingerprint density at radius 2 is 0.444 bits per heavy atom. The van der Waals surface area contributed by atoms with Crippen molar-refractivity contribution in [2.24, 2.45) is 0 Å². The van der Waals surface area contributed by atoms with Crippen molar-refractivity contribution < 1.29 is 20.1 Å². The summed E-state index contributed by atoms with van der Waals surface area (Å²) in [5, 5.41) is 9.41. The third-order valence-electron chi connectivity index (χ3n) is 8.74. The summed E-state index contributed by atoms with van der Waals surface area (Å²) in [6.07, 6.45) is 0. The molecule has 5 heteroatoms. The average molecular weight is 738 g/mol. The van der Waals surface area contributed by atoms with E-state index in [0.29, 0.717) is 0 Å². The smallest absolute Gasteiger partial charge is 0.281 e. The van der Waals surface area contributed by atoms with Crippen molar-refractivity contribution >= 4 is 55.0 Å². The number of hydrogen-bond donors (Lipinski definition) is 0. The van der Waals surface area contributed by atoms with Gasteiger partial charge in [0.1, 0.15) is 0 Å². The fourth-order valence-corrected chi connectivity index (χ4v) is 95.1. The minimum absolute atomic E-state index is 1.50. The molecule has 0 aromatic heterocycles. The van der Waals surface area contributed by atoms with E-state index in [9.17, 15) is 0 Å². The predicted octanol–water partition coefficient (Wildman–Crippen LogP) is 7.04. The Balaban J connectivity index is 0.00000196. The van der Waals surface area contributed by atoms with Crippen LogP contribution in [0.4, 0.5) is 0 Å². The Bertz CT molecular complexity index is 1420. The molecular weight excluding hydrogens is 696 g/mol. The van der Waals surface area contributed by atoms with Gasteiger partial charge in [0.25, 0.3) is 6.79 Å². The first-order chi connectivity index (χ1) is 22.0. The number of rotatable bonds is 9. The molecule has 0 aliphatic rings. The van der Waals surface area contributed by atoms with E-state index >= 15 is 0 Å². The second-order valence-corrected chi connectivity index (χ2v) is 46.8. The molecule has 0 unspecified atom stereocenters. The van der Waals surface area contributed by atoms with E-state index in [1.165, 1.54) is 0 Å². The van der Waals surface area contributed by atoms with Crippen molar-refractivity contribution in [3.63, 3.8) is 0 Å². The van der Waals surface area contributed by atoms with Crippen LogP contribution in [0.15, 0.2) is 182 Å². The van der Waals surface area contributed by atoms with Gasteiger partial charge in [0, 0.05) is 0 Å². The zero-order valence-corrected chi connectivity index (χ0v) is 30.6. The van der Waals surface area contributed by atoms with E-state index in [1.54, 1.807) is 31.8 Å². The Morgan fingerprint density at radius 1 is 0.311 bits per heavy atom. The number of carbonyl (C=O) groups excluding carboxylic acids is 1. The molecule has 0 heterocycles. The maximum Gasteiger partial charge on any atom is 0.281 e. The van der Waals surface area contributed by atoms with E-state index in [1.807, 2.05) is 0 Å². The van der Waals surface area contributed by atoms with Crippen LogP contribution in [0.5, 0.6) is 0 Å². The molecule has 0 saturated carbocycles. The molecular formula is C40H42OP3Pd. The third kappa shape index (κ3) is 6.34. The first kappa shape index (κ1) is 33.3. The molecule has 233 valence electrons. The molecule has 0 fully saturated rings. The van der Waals surface area contributed by atoms with E-state index in [2.05, 4.69) is 209 Å². The first-order valence-corrected chi connectivity index (χ1v) is 29.1. The number of hydrogen-bond acceptors (Lipinski definition) is 1. The minimum atomic E-state index is -2.39. The van der Waals surface area contributed by atoms with Crippen molar-refractivity contribution in [2.45, 2.75) is 0 Å². The predicted molar refractivity (Wildman–Crippen MR) is 205 cm³/mol. The molecule has 0 atom stereocenters. The Labute approximate surface area is 275 Å².